The molecule has 1 aromatic carbocycles. The second-order valence-corrected chi connectivity index (χ2v) is 3.51. The second-order valence-electron chi connectivity index (χ2n) is 3.51. The van der Waals surface area contributed by atoms with Crippen molar-refractivity contribution in [1.29, 1.82) is 0 Å². The van der Waals surface area contributed by atoms with Gasteiger partial charge in [0.1, 0.15) is 5.75 Å². The molecule has 0 atom stereocenters. The number of anilines is 1. The topological polar surface area (TPSA) is 53.6 Å². The maximum absolute atomic E-state index is 11.5. The summed E-state index contributed by atoms with van der Waals surface area (Å²) in [6.45, 7) is 0.240. The lowest BCUT2D eigenvalue weighted by molar-refractivity contribution is -0.116. The van der Waals surface area contributed by atoms with Crippen LogP contribution in [0.3, 0.4) is 0 Å². The molecule has 2 N–H and O–H groups in total. The maximum Gasteiger partial charge on any atom is 0.239 e. The molecule has 0 fully saturated rings. The quantitative estimate of drug-likeness (QED) is 0.721. The van der Waals surface area contributed by atoms with Crippen molar-refractivity contribution in [2.45, 2.75) is 0 Å². The average molecular weight is 223 g/mol. The first kappa shape index (κ1) is 12.5. The fourth-order valence-electron chi connectivity index (χ4n) is 1.14. The van der Waals surface area contributed by atoms with Crippen LogP contribution < -0.4 is 15.5 Å². The Morgan fingerprint density at radius 2 is 2.19 bits per heavy atom. The number of carbonyl (C=O) groups is 1. The van der Waals surface area contributed by atoms with Crippen molar-refractivity contribution in [3.05, 3.63) is 24.3 Å². The van der Waals surface area contributed by atoms with Gasteiger partial charge in [0, 0.05) is 25.8 Å². The first-order valence-corrected chi connectivity index (χ1v) is 4.96. The van der Waals surface area contributed by atoms with E-state index in [1.807, 2.05) is 32.3 Å². The minimum Gasteiger partial charge on any atom is -0.497 e. The minimum atomic E-state index is -0.0954. The lowest BCUT2D eigenvalue weighted by Gasteiger charge is -2.12. The van der Waals surface area contributed by atoms with Crippen molar-refractivity contribution in [2.75, 3.05) is 33.1 Å². The highest BCUT2D eigenvalue weighted by atomic mass is 16.5. The Kier molecular flexibility index (Phi) is 4.75. The van der Waals surface area contributed by atoms with Gasteiger partial charge in [0.05, 0.1) is 13.7 Å². The van der Waals surface area contributed by atoms with Gasteiger partial charge in [0.15, 0.2) is 0 Å². The lowest BCUT2D eigenvalue weighted by Crippen LogP contribution is -2.37. The molecule has 0 unspecified atom stereocenters. The summed E-state index contributed by atoms with van der Waals surface area (Å²) in [7, 11) is 5.26. The third-order valence-corrected chi connectivity index (χ3v) is 1.91. The van der Waals surface area contributed by atoms with Crippen LogP contribution in [-0.2, 0) is 4.79 Å². The molecule has 16 heavy (non-hydrogen) atoms. The SMILES string of the molecule is COc1cccc(NC(=O)CNN(C)C)c1. The molecule has 0 heterocycles. The molecule has 1 aromatic rings. The van der Waals surface area contributed by atoms with Crippen molar-refractivity contribution in [3.8, 4) is 5.75 Å². The molecule has 0 saturated carbocycles. The Balaban J connectivity index is 2.49. The first-order valence-electron chi connectivity index (χ1n) is 4.96. The summed E-state index contributed by atoms with van der Waals surface area (Å²) in [4.78, 5) is 11.5. The van der Waals surface area contributed by atoms with Crippen LogP contribution in [-0.4, -0.2) is 38.7 Å². The molecule has 0 aromatic heterocycles. The number of hydrazine groups is 1. The van der Waals surface area contributed by atoms with Crippen molar-refractivity contribution < 1.29 is 9.53 Å². The highest BCUT2D eigenvalue weighted by Gasteiger charge is 2.02. The molecule has 0 aliphatic heterocycles. The first-order chi connectivity index (χ1) is 7.61. The predicted octanol–water partition coefficient (Wildman–Crippen LogP) is 0.700. The minimum absolute atomic E-state index is 0.0954. The number of amides is 1. The van der Waals surface area contributed by atoms with E-state index in [2.05, 4.69) is 10.7 Å². The number of rotatable bonds is 5. The zero-order chi connectivity index (χ0) is 12.0. The van der Waals surface area contributed by atoms with Crippen molar-refractivity contribution in [3.63, 3.8) is 0 Å². The van der Waals surface area contributed by atoms with E-state index in [0.717, 1.165) is 11.4 Å². The summed E-state index contributed by atoms with van der Waals surface area (Å²) in [5.74, 6) is 0.625. The number of hydrogen-bond donors (Lipinski definition) is 2. The number of nitrogens with one attached hydrogen (secondary N) is 2. The predicted molar refractivity (Wildman–Crippen MR) is 63.3 cm³/mol. The molecular formula is C11H17N3O2. The molecule has 1 amide bonds. The van der Waals surface area contributed by atoms with Gasteiger partial charge in [-0.15, -0.1) is 0 Å². The molecule has 88 valence electrons. The Morgan fingerprint density at radius 3 is 2.81 bits per heavy atom. The second kappa shape index (κ2) is 6.09. The van der Waals surface area contributed by atoms with Crippen LogP contribution in [0, 0.1) is 0 Å². The van der Waals surface area contributed by atoms with Crippen LogP contribution in [0.2, 0.25) is 0 Å². The van der Waals surface area contributed by atoms with Crippen LogP contribution in [0.5, 0.6) is 5.75 Å². The largest absolute Gasteiger partial charge is 0.497 e. The van der Waals surface area contributed by atoms with Crippen molar-refractivity contribution >= 4 is 11.6 Å². The molecular weight excluding hydrogens is 206 g/mol. The molecule has 5 nitrogen and oxygen atoms in total. The van der Waals surface area contributed by atoms with Crippen molar-refractivity contribution in [2.24, 2.45) is 0 Å². The molecule has 0 radical (unpaired) electrons. The fourth-order valence-corrected chi connectivity index (χ4v) is 1.14. The molecule has 5 heteroatoms. The maximum atomic E-state index is 11.5. The molecule has 0 aliphatic rings. The number of nitrogens with zero attached hydrogens (tertiary/aromatic N) is 1. The zero-order valence-corrected chi connectivity index (χ0v) is 9.78. The number of benzene rings is 1. The number of methoxy groups -OCH3 is 1. The third kappa shape index (κ3) is 4.29. The van der Waals surface area contributed by atoms with Crippen LogP contribution >= 0.6 is 0 Å². The van der Waals surface area contributed by atoms with Gasteiger partial charge in [-0.05, 0) is 12.1 Å². The normalized spacial score (nSPS) is 10.2. The number of hydrogen-bond acceptors (Lipinski definition) is 4. The van der Waals surface area contributed by atoms with Gasteiger partial charge in [-0.1, -0.05) is 6.07 Å². The number of ether oxygens (including phenoxy) is 1. The van der Waals surface area contributed by atoms with Gasteiger partial charge < -0.3 is 10.1 Å². The van der Waals surface area contributed by atoms with E-state index in [1.54, 1.807) is 18.2 Å². The third-order valence-electron chi connectivity index (χ3n) is 1.91. The Hall–Kier alpha value is -1.59. The molecule has 0 bridgehead atoms. The van der Waals surface area contributed by atoms with Crippen LogP contribution in [0.1, 0.15) is 0 Å². The standard InChI is InChI=1S/C11H17N3O2/c1-14(2)12-8-11(15)13-9-5-4-6-10(7-9)16-3/h4-7,12H,8H2,1-3H3,(H,13,15). The molecule has 1 rings (SSSR count). The van der Waals surface area contributed by atoms with Crippen LogP contribution in [0.25, 0.3) is 0 Å². The van der Waals surface area contributed by atoms with E-state index >= 15 is 0 Å². The van der Waals surface area contributed by atoms with Gasteiger partial charge in [0.25, 0.3) is 0 Å². The van der Waals surface area contributed by atoms with E-state index in [1.165, 1.54) is 0 Å². The van der Waals surface area contributed by atoms with Gasteiger partial charge in [0.2, 0.25) is 5.91 Å². The summed E-state index contributed by atoms with van der Waals surface area (Å²) >= 11 is 0. The summed E-state index contributed by atoms with van der Waals surface area (Å²) < 4.78 is 5.06. The van der Waals surface area contributed by atoms with E-state index in [4.69, 9.17) is 4.74 Å². The Bertz CT molecular complexity index is 353. The number of carbonyl (C=O) groups excluding carboxylic acids is 1. The van der Waals surface area contributed by atoms with Crippen molar-refractivity contribution in [1.82, 2.24) is 10.4 Å². The van der Waals surface area contributed by atoms with Crippen LogP contribution in [0.4, 0.5) is 5.69 Å². The summed E-state index contributed by atoms with van der Waals surface area (Å²) in [6, 6.07) is 7.24. The average Bonchev–Trinajstić information content (AvgIpc) is 2.26. The monoisotopic (exact) mass is 223 g/mol. The van der Waals surface area contributed by atoms with E-state index in [-0.39, 0.29) is 12.5 Å². The zero-order valence-electron chi connectivity index (χ0n) is 9.78. The molecule has 0 spiro atoms. The Labute approximate surface area is 95.4 Å². The van der Waals surface area contributed by atoms with Gasteiger partial charge in [-0.25, -0.2) is 5.43 Å². The van der Waals surface area contributed by atoms with E-state index in [9.17, 15) is 4.79 Å². The van der Waals surface area contributed by atoms with Crippen LogP contribution in [0.15, 0.2) is 24.3 Å². The van der Waals surface area contributed by atoms with E-state index < -0.39 is 0 Å². The Morgan fingerprint density at radius 1 is 1.44 bits per heavy atom. The summed E-state index contributed by atoms with van der Waals surface area (Å²) in [5.41, 5.74) is 3.61. The summed E-state index contributed by atoms with van der Waals surface area (Å²) in [5, 5.41) is 4.49. The van der Waals surface area contributed by atoms with Gasteiger partial charge in [-0.2, -0.15) is 0 Å². The van der Waals surface area contributed by atoms with E-state index in [0.29, 0.717) is 0 Å². The smallest absolute Gasteiger partial charge is 0.239 e. The van der Waals surface area contributed by atoms with Gasteiger partial charge in [-0.3, -0.25) is 9.80 Å². The molecule has 0 saturated heterocycles. The fraction of sp³-hybridized carbons (Fsp3) is 0.364. The summed E-state index contributed by atoms with van der Waals surface area (Å²) in [6.07, 6.45) is 0. The lowest BCUT2D eigenvalue weighted by atomic mass is 10.3. The highest BCUT2D eigenvalue weighted by Crippen LogP contribution is 2.16. The molecule has 0 aliphatic carbocycles. The van der Waals surface area contributed by atoms with Gasteiger partial charge >= 0.3 is 0 Å². The highest BCUT2D eigenvalue weighted by molar-refractivity contribution is 5.92.